The summed E-state index contributed by atoms with van der Waals surface area (Å²) >= 11 is 0. The van der Waals surface area contributed by atoms with Crippen LogP contribution in [0.4, 0.5) is 0 Å². The summed E-state index contributed by atoms with van der Waals surface area (Å²) in [6.07, 6.45) is 1.23. The Bertz CT molecular complexity index is 156. The van der Waals surface area contributed by atoms with E-state index in [4.69, 9.17) is 4.74 Å². The molecular weight excluding hydrogens is 142 g/mol. The van der Waals surface area contributed by atoms with Gasteiger partial charge in [0.25, 0.3) is 0 Å². The Morgan fingerprint density at radius 3 is 2.64 bits per heavy atom. The first kappa shape index (κ1) is 8.53. The van der Waals surface area contributed by atoms with Gasteiger partial charge in [-0.2, -0.15) is 0 Å². The summed E-state index contributed by atoms with van der Waals surface area (Å²) < 4.78 is 5.04. The van der Waals surface area contributed by atoms with Gasteiger partial charge in [-0.25, -0.2) is 0 Å². The number of amides is 1. The number of methoxy groups -OCH3 is 1. The first-order valence-electron chi connectivity index (χ1n) is 3.98. The smallest absolute Gasteiger partial charge is 0.222 e. The fourth-order valence-corrected chi connectivity index (χ4v) is 0.933. The lowest BCUT2D eigenvalue weighted by Crippen LogP contribution is -2.31. The normalized spacial score (nSPS) is 28.7. The molecule has 1 amide bonds. The van der Waals surface area contributed by atoms with Crippen LogP contribution in [-0.4, -0.2) is 25.2 Å². The third-order valence-corrected chi connectivity index (χ3v) is 1.89. The van der Waals surface area contributed by atoms with E-state index in [1.807, 2.05) is 13.8 Å². The topological polar surface area (TPSA) is 38.3 Å². The van der Waals surface area contributed by atoms with Crippen molar-refractivity contribution < 1.29 is 9.53 Å². The summed E-state index contributed by atoms with van der Waals surface area (Å²) in [6.45, 7) is 3.78. The van der Waals surface area contributed by atoms with E-state index in [1.165, 1.54) is 0 Å². The third-order valence-electron chi connectivity index (χ3n) is 1.89. The number of carbonyl (C=O) groups excluding carboxylic acids is 1. The van der Waals surface area contributed by atoms with Crippen molar-refractivity contribution in [2.45, 2.75) is 32.4 Å². The Kier molecular flexibility index (Phi) is 2.49. The van der Waals surface area contributed by atoms with E-state index in [0.717, 1.165) is 6.42 Å². The number of rotatable bonds is 3. The number of carbonyl (C=O) groups is 1. The number of hydrogen-bond donors (Lipinski definition) is 1. The van der Waals surface area contributed by atoms with Gasteiger partial charge >= 0.3 is 0 Å². The molecule has 0 saturated heterocycles. The molecule has 11 heavy (non-hydrogen) atoms. The van der Waals surface area contributed by atoms with Crippen molar-refractivity contribution >= 4 is 5.91 Å². The Hall–Kier alpha value is -0.570. The van der Waals surface area contributed by atoms with Crippen molar-refractivity contribution in [2.75, 3.05) is 7.11 Å². The van der Waals surface area contributed by atoms with Gasteiger partial charge in [0.05, 0.1) is 12.1 Å². The molecule has 0 heterocycles. The third kappa shape index (κ3) is 2.19. The standard InChI is InChI=1S/C8H15NO2/c1-5(2)8(10)9-6-4-7(6)11-3/h5-7H,4H2,1-3H3,(H,9,10)/t6-,7?/m0/s1. The summed E-state index contributed by atoms with van der Waals surface area (Å²) in [5, 5.41) is 2.89. The molecule has 64 valence electrons. The molecule has 1 aliphatic carbocycles. The second-order valence-electron chi connectivity index (χ2n) is 3.28. The highest BCUT2D eigenvalue weighted by atomic mass is 16.5. The zero-order valence-corrected chi connectivity index (χ0v) is 7.26. The van der Waals surface area contributed by atoms with Crippen molar-refractivity contribution in [3.8, 4) is 0 Å². The summed E-state index contributed by atoms with van der Waals surface area (Å²) in [7, 11) is 1.67. The lowest BCUT2D eigenvalue weighted by atomic mass is 10.2. The van der Waals surface area contributed by atoms with Gasteiger partial charge in [-0.3, -0.25) is 4.79 Å². The van der Waals surface area contributed by atoms with Crippen LogP contribution in [0.2, 0.25) is 0 Å². The molecule has 1 fully saturated rings. The number of nitrogens with one attached hydrogen (secondary N) is 1. The summed E-state index contributed by atoms with van der Waals surface area (Å²) in [6, 6.07) is 0.273. The minimum Gasteiger partial charge on any atom is -0.379 e. The summed E-state index contributed by atoms with van der Waals surface area (Å²) in [5.41, 5.74) is 0. The maximum Gasteiger partial charge on any atom is 0.222 e. The van der Waals surface area contributed by atoms with E-state index in [0.29, 0.717) is 0 Å². The average molecular weight is 157 g/mol. The molecule has 1 unspecified atom stereocenters. The Balaban J connectivity index is 2.18. The van der Waals surface area contributed by atoms with Gasteiger partial charge in [-0.05, 0) is 6.42 Å². The van der Waals surface area contributed by atoms with Crippen LogP contribution in [0.15, 0.2) is 0 Å². The van der Waals surface area contributed by atoms with Gasteiger partial charge in [0.2, 0.25) is 5.91 Å². The van der Waals surface area contributed by atoms with Crippen LogP contribution in [0.25, 0.3) is 0 Å². The highest BCUT2D eigenvalue weighted by Crippen LogP contribution is 2.24. The Morgan fingerprint density at radius 2 is 2.27 bits per heavy atom. The van der Waals surface area contributed by atoms with Crippen LogP contribution in [0.3, 0.4) is 0 Å². The molecule has 3 nitrogen and oxygen atoms in total. The first-order valence-corrected chi connectivity index (χ1v) is 3.98. The predicted octanol–water partition coefficient (Wildman–Crippen LogP) is 0.546. The quantitative estimate of drug-likeness (QED) is 0.649. The average Bonchev–Trinajstić information content (AvgIpc) is 2.67. The zero-order chi connectivity index (χ0) is 8.43. The minimum absolute atomic E-state index is 0.0770. The van der Waals surface area contributed by atoms with Gasteiger partial charge in [0, 0.05) is 13.0 Å². The molecule has 3 heteroatoms. The molecule has 0 spiro atoms. The zero-order valence-electron chi connectivity index (χ0n) is 7.26. The fourth-order valence-electron chi connectivity index (χ4n) is 0.933. The van der Waals surface area contributed by atoms with Crippen molar-refractivity contribution in [3.05, 3.63) is 0 Å². The van der Waals surface area contributed by atoms with Gasteiger partial charge in [-0.15, -0.1) is 0 Å². The molecule has 1 rings (SSSR count). The van der Waals surface area contributed by atoms with Gasteiger partial charge in [0.1, 0.15) is 0 Å². The highest BCUT2D eigenvalue weighted by molar-refractivity contribution is 5.78. The molecular formula is C8H15NO2. The molecule has 0 aromatic rings. The predicted molar refractivity (Wildman–Crippen MR) is 42.2 cm³/mol. The first-order chi connectivity index (χ1) is 5.15. The van der Waals surface area contributed by atoms with E-state index >= 15 is 0 Å². The van der Waals surface area contributed by atoms with Crippen molar-refractivity contribution in [3.63, 3.8) is 0 Å². The van der Waals surface area contributed by atoms with Crippen LogP contribution < -0.4 is 5.32 Å². The molecule has 0 bridgehead atoms. The van der Waals surface area contributed by atoms with Gasteiger partial charge in [0.15, 0.2) is 0 Å². The van der Waals surface area contributed by atoms with Crippen LogP contribution >= 0.6 is 0 Å². The highest BCUT2D eigenvalue weighted by Gasteiger charge is 2.38. The molecule has 2 atom stereocenters. The van der Waals surface area contributed by atoms with E-state index in [-0.39, 0.29) is 24.0 Å². The van der Waals surface area contributed by atoms with E-state index in [1.54, 1.807) is 7.11 Å². The number of hydrogen-bond acceptors (Lipinski definition) is 2. The second kappa shape index (κ2) is 3.22. The van der Waals surface area contributed by atoms with Crippen LogP contribution in [0.5, 0.6) is 0 Å². The summed E-state index contributed by atoms with van der Waals surface area (Å²) in [5.74, 6) is 0.197. The molecule has 0 aromatic heterocycles. The maximum absolute atomic E-state index is 11.1. The van der Waals surface area contributed by atoms with Crippen LogP contribution in [0, 0.1) is 5.92 Å². The lowest BCUT2D eigenvalue weighted by Gasteiger charge is -2.05. The van der Waals surface area contributed by atoms with Crippen molar-refractivity contribution in [1.29, 1.82) is 0 Å². The molecule has 0 aromatic carbocycles. The number of ether oxygens (including phenoxy) is 1. The molecule has 1 N–H and O–H groups in total. The lowest BCUT2D eigenvalue weighted by molar-refractivity contribution is -0.124. The fraction of sp³-hybridized carbons (Fsp3) is 0.875. The Morgan fingerprint density at radius 1 is 1.64 bits per heavy atom. The largest absolute Gasteiger partial charge is 0.379 e. The van der Waals surface area contributed by atoms with E-state index < -0.39 is 0 Å². The van der Waals surface area contributed by atoms with E-state index in [2.05, 4.69) is 5.32 Å². The molecule has 0 aliphatic heterocycles. The van der Waals surface area contributed by atoms with Gasteiger partial charge in [-0.1, -0.05) is 13.8 Å². The molecule has 0 radical (unpaired) electrons. The SMILES string of the molecule is COC1C[C@@H]1NC(=O)C(C)C. The van der Waals surface area contributed by atoms with Crippen molar-refractivity contribution in [1.82, 2.24) is 5.32 Å². The van der Waals surface area contributed by atoms with Crippen LogP contribution in [-0.2, 0) is 9.53 Å². The van der Waals surface area contributed by atoms with Gasteiger partial charge < -0.3 is 10.1 Å². The van der Waals surface area contributed by atoms with Crippen LogP contribution in [0.1, 0.15) is 20.3 Å². The Labute approximate surface area is 67.1 Å². The summed E-state index contributed by atoms with van der Waals surface area (Å²) in [4.78, 5) is 11.1. The van der Waals surface area contributed by atoms with E-state index in [9.17, 15) is 4.79 Å². The maximum atomic E-state index is 11.1. The molecule has 1 saturated carbocycles. The monoisotopic (exact) mass is 157 g/mol. The molecule has 1 aliphatic rings. The minimum atomic E-state index is 0.0770. The van der Waals surface area contributed by atoms with Crippen molar-refractivity contribution in [2.24, 2.45) is 5.92 Å². The second-order valence-corrected chi connectivity index (χ2v) is 3.28.